The van der Waals surface area contributed by atoms with Crippen molar-refractivity contribution in [3.63, 3.8) is 0 Å². The fraction of sp³-hybridized carbons (Fsp3) is 0.167. The summed E-state index contributed by atoms with van der Waals surface area (Å²) in [7, 11) is 0. The topological polar surface area (TPSA) is 61.9 Å². The first-order chi connectivity index (χ1) is 14.1. The van der Waals surface area contributed by atoms with Crippen LogP contribution >= 0.6 is 0 Å². The van der Waals surface area contributed by atoms with Crippen molar-refractivity contribution >= 4 is 11.7 Å². The molecule has 3 aromatic rings. The molecule has 0 aliphatic carbocycles. The molecule has 0 radical (unpaired) electrons. The molecule has 2 N–H and O–H groups in total. The Morgan fingerprint density at radius 1 is 0.967 bits per heavy atom. The molecule has 0 saturated heterocycles. The highest BCUT2D eigenvalue weighted by Gasteiger charge is 2.18. The lowest BCUT2D eigenvalue weighted by Crippen LogP contribution is -2.21. The van der Waals surface area contributed by atoms with E-state index in [1.807, 2.05) is 0 Å². The molecule has 3 aromatic carbocycles. The van der Waals surface area contributed by atoms with Crippen molar-refractivity contribution in [3.05, 3.63) is 88.8 Å². The highest BCUT2D eigenvalue weighted by molar-refractivity contribution is 5.93. The number of carboxylic acids is 1. The standard InChI is InChI=1S/C24H19F2NO3/c1-24(2,30)13-14-4-7-18(20(25)10-14)17-8-5-16(23(28)29)11-19(17)15-6-9-22(27-3)21(26)12-15/h4-12,30H,13H2,1-2H3,(H,28,29). The van der Waals surface area contributed by atoms with Crippen molar-refractivity contribution in [1.82, 2.24) is 0 Å². The first-order valence-corrected chi connectivity index (χ1v) is 9.15. The maximum Gasteiger partial charge on any atom is 0.335 e. The van der Waals surface area contributed by atoms with Crippen molar-refractivity contribution < 1.29 is 23.8 Å². The summed E-state index contributed by atoms with van der Waals surface area (Å²) in [5, 5.41) is 19.3. The van der Waals surface area contributed by atoms with E-state index in [1.165, 1.54) is 36.4 Å². The average Bonchev–Trinajstić information content (AvgIpc) is 2.66. The number of carboxylic acid groups (broad SMARTS) is 1. The van der Waals surface area contributed by atoms with Crippen LogP contribution in [0.1, 0.15) is 29.8 Å². The van der Waals surface area contributed by atoms with Crippen LogP contribution in [0.4, 0.5) is 14.5 Å². The molecule has 0 aromatic heterocycles. The van der Waals surface area contributed by atoms with Gasteiger partial charge in [-0.3, -0.25) is 0 Å². The van der Waals surface area contributed by atoms with E-state index in [9.17, 15) is 23.8 Å². The second kappa shape index (κ2) is 8.05. The molecule has 0 unspecified atom stereocenters. The van der Waals surface area contributed by atoms with Crippen molar-refractivity contribution in [2.24, 2.45) is 0 Å². The molecule has 3 rings (SSSR count). The van der Waals surface area contributed by atoms with Gasteiger partial charge in [0, 0.05) is 12.0 Å². The average molecular weight is 407 g/mol. The van der Waals surface area contributed by atoms with Gasteiger partial charge in [0.1, 0.15) is 11.6 Å². The summed E-state index contributed by atoms with van der Waals surface area (Å²) in [4.78, 5) is 14.5. The van der Waals surface area contributed by atoms with E-state index in [2.05, 4.69) is 4.85 Å². The van der Waals surface area contributed by atoms with E-state index in [1.54, 1.807) is 26.0 Å². The van der Waals surface area contributed by atoms with Crippen molar-refractivity contribution in [2.45, 2.75) is 25.9 Å². The quantitative estimate of drug-likeness (QED) is 0.521. The first kappa shape index (κ1) is 21.2. The molecule has 0 bridgehead atoms. The maximum atomic E-state index is 15.0. The maximum absolute atomic E-state index is 15.0. The van der Waals surface area contributed by atoms with Gasteiger partial charge in [-0.15, -0.1) is 0 Å². The molecule has 0 fully saturated rings. The summed E-state index contributed by atoms with van der Waals surface area (Å²) < 4.78 is 29.1. The summed E-state index contributed by atoms with van der Waals surface area (Å²) in [5.74, 6) is -2.45. The predicted octanol–water partition coefficient (Wildman–Crippen LogP) is 5.86. The van der Waals surface area contributed by atoms with E-state index in [0.29, 0.717) is 22.3 Å². The summed E-state index contributed by atoms with van der Waals surface area (Å²) >= 11 is 0. The molecule has 30 heavy (non-hydrogen) atoms. The lowest BCUT2D eigenvalue weighted by Gasteiger charge is -2.18. The predicted molar refractivity (Wildman–Crippen MR) is 110 cm³/mol. The Morgan fingerprint density at radius 3 is 2.23 bits per heavy atom. The fourth-order valence-corrected chi connectivity index (χ4v) is 3.30. The van der Waals surface area contributed by atoms with E-state index in [0.717, 1.165) is 6.07 Å². The van der Waals surface area contributed by atoms with E-state index in [4.69, 9.17) is 6.57 Å². The Labute approximate surface area is 172 Å². The summed E-state index contributed by atoms with van der Waals surface area (Å²) in [6.07, 6.45) is 0.262. The largest absolute Gasteiger partial charge is 0.478 e. The third-order valence-corrected chi connectivity index (χ3v) is 4.61. The van der Waals surface area contributed by atoms with Gasteiger partial charge >= 0.3 is 5.97 Å². The molecule has 0 saturated carbocycles. The van der Waals surface area contributed by atoms with E-state index >= 15 is 0 Å². The number of aliphatic hydroxyl groups is 1. The monoisotopic (exact) mass is 407 g/mol. The third-order valence-electron chi connectivity index (χ3n) is 4.61. The Balaban J connectivity index is 2.17. The molecular weight excluding hydrogens is 388 g/mol. The Hall–Kier alpha value is -3.56. The second-order valence-electron chi connectivity index (χ2n) is 7.65. The minimum absolute atomic E-state index is 0.0255. The zero-order valence-electron chi connectivity index (χ0n) is 16.4. The van der Waals surface area contributed by atoms with Crippen molar-refractivity contribution in [3.8, 4) is 22.3 Å². The molecule has 152 valence electrons. The van der Waals surface area contributed by atoms with Gasteiger partial charge in [0.25, 0.3) is 0 Å². The molecule has 0 amide bonds. The smallest absolute Gasteiger partial charge is 0.335 e. The van der Waals surface area contributed by atoms with Gasteiger partial charge in [-0.2, -0.15) is 0 Å². The molecule has 0 heterocycles. The molecule has 0 atom stereocenters. The minimum Gasteiger partial charge on any atom is -0.478 e. The SMILES string of the molecule is [C-]#[N+]c1ccc(-c2cc(C(=O)O)ccc2-c2ccc(CC(C)(C)O)cc2F)cc1F. The number of hydrogen-bond donors (Lipinski definition) is 2. The van der Waals surface area contributed by atoms with Crippen LogP contribution in [0.3, 0.4) is 0 Å². The lowest BCUT2D eigenvalue weighted by molar-refractivity contribution is 0.0696. The zero-order valence-corrected chi connectivity index (χ0v) is 16.4. The number of halogens is 2. The third kappa shape index (κ3) is 4.53. The number of carbonyl (C=O) groups is 1. The van der Waals surface area contributed by atoms with Crippen LogP contribution < -0.4 is 0 Å². The van der Waals surface area contributed by atoms with Gasteiger partial charge in [-0.1, -0.05) is 30.3 Å². The zero-order chi connectivity index (χ0) is 22.1. The van der Waals surface area contributed by atoms with Crippen LogP contribution in [0.2, 0.25) is 0 Å². The van der Waals surface area contributed by atoms with E-state index < -0.39 is 23.2 Å². The van der Waals surface area contributed by atoms with E-state index in [-0.39, 0.29) is 23.2 Å². The number of nitrogens with zero attached hydrogens (tertiary/aromatic N) is 1. The summed E-state index contributed by atoms with van der Waals surface area (Å²) in [5.41, 5.74) is 0.708. The van der Waals surface area contributed by atoms with Gasteiger partial charge in [0.05, 0.1) is 17.7 Å². The molecule has 6 heteroatoms. The van der Waals surface area contributed by atoms with Crippen molar-refractivity contribution in [1.29, 1.82) is 0 Å². The number of hydrogen-bond acceptors (Lipinski definition) is 2. The van der Waals surface area contributed by atoms with Gasteiger partial charge in [-0.25, -0.2) is 18.4 Å². The van der Waals surface area contributed by atoms with Crippen LogP contribution in [0.25, 0.3) is 27.1 Å². The highest BCUT2D eigenvalue weighted by atomic mass is 19.1. The van der Waals surface area contributed by atoms with Gasteiger partial charge in [0.2, 0.25) is 5.69 Å². The number of rotatable bonds is 5. The van der Waals surface area contributed by atoms with Crippen LogP contribution in [0.15, 0.2) is 54.6 Å². The van der Waals surface area contributed by atoms with Crippen molar-refractivity contribution in [2.75, 3.05) is 0 Å². The molecule has 0 aliphatic rings. The number of benzene rings is 3. The van der Waals surface area contributed by atoms with Crippen LogP contribution in [-0.4, -0.2) is 21.8 Å². The highest BCUT2D eigenvalue weighted by Crippen LogP contribution is 2.36. The number of aromatic carboxylic acids is 1. The fourth-order valence-electron chi connectivity index (χ4n) is 3.30. The van der Waals surface area contributed by atoms with Crippen LogP contribution in [-0.2, 0) is 6.42 Å². The Morgan fingerprint density at radius 2 is 1.67 bits per heavy atom. The Bertz CT molecular complexity index is 1170. The Kier molecular flexibility index (Phi) is 5.68. The van der Waals surface area contributed by atoms with Crippen LogP contribution in [0, 0.1) is 18.2 Å². The second-order valence-corrected chi connectivity index (χ2v) is 7.65. The van der Waals surface area contributed by atoms with Gasteiger partial charge in [0.15, 0.2) is 0 Å². The molecular formula is C24H19F2NO3. The van der Waals surface area contributed by atoms with Crippen LogP contribution in [0.5, 0.6) is 0 Å². The summed E-state index contributed by atoms with van der Waals surface area (Å²) in [6.45, 7) is 10.2. The minimum atomic E-state index is -1.16. The lowest BCUT2D eigenvalue weighted by atomic mass is 9.90. The molecule has 0 spiro atoms. The molecule has 0 aliphatic heterocycles. The first-order valence-electron chi connectivity index (χ1n) is 9.15. The van der Waals surface area contributed by atoms with Gasteiger partial charge < -0.3 is 10.2 Å². The molecule has 4 nitrogen and oxygen atoms in total. The normalized spacial score (nSPS) is 11.2. The van der Waals surface area contributed by atoms with Gasteiger partial charge in [-0.05, 0) is 60.4 Å². The summed E-state index contributed by atoms with van der Waals surface area (Å²) in [6, 6.07) is 12.7.